The minimum atomic E-state index is 0.384. The van der Waals surface area contributed by atoms with E-state index >= 15 is 0 Å². The molecule has 62 valence electrons. The summed E-state index contributed by atoms with van der Waals surface area (Å²) >= 11 is 0. The summed E-state index contributed by atoms with van der Waals surface area (Å²) in [5, 5.41) is 3.34. The van der Waals surface area contributed by atoms with Crippen LogP contribution in [-0.2, 0) is 0 Å². The highest BCUT2D eigenvalue weighted by atomic mass is 15.0. The molecule has 1 aromatic heterocycles. The van der Waals surface area contributed by atoms with Gasteiger partial charge in [-0.05, 0) is 13.0 Å². The normalized spacial score (nSPS) is 13.3. The molecule has 0 saturated carbocycles. The maximum atomic E-state index is 4.19. The van der Waals surface area contributed by atoms with E-state index in [0.29, 0.717) is 6.04 Å². The lowest BCUT2D eigenvalue weighted by atomic mass is 10.2. The van der Waals surface area contributed by atoms with Crippen molar-refractivity contribution in [3.8, 4) is 0 Å². The largest absolute Gasteiger partial charge is 0.347 e. The van der Waals surface area contributed by atoms with E-state index in [2.05, 4.69) is 29.1 Å². The van der Waals surface area contributed by atoms with Crippen molar-refractivity contribution in [2.45, 2.75) is 26.3 Å². The third kappa shape index (κ3) is 2.05. The lowest BCUT2D eigenvalue weighted by Gasteiger charge is -2.11. The number of nitrogens with zero attached hydrogens (tertiary/aromatic N) is 1. The van der Waals surface area contributed by atoms with Gasteiger partial charge in [0.25, 0.3) is 0 Å². The van der Waals surface area contributed by atoms with Gasteiger partial charge < -0.3 is 10.3 Å². The molecular weight excluding hydrogens is 138 g/mol. The molecule has 0 radical (unpaired) electrons. The van der Waals surface area contributed by atoms with Crippen molar-refractivity contribution in [3.63, 3.8) is 0 Å². The number of nitrogens with one attached hydrogen (secondary N) is 2. The number of hydrogen-bond donors (Lipinski definition) is 2. The monoisotopic (exact) mass is 153 g/mol. The van der Waals surface area contributed by atoms with Crippen molar-refractivity contribution in [2.24, 2.45) is 0 Å². The van der Waals surface area contributed by atoms with Crippen LogP contribution in [0.2, 0.25) is 0 Å². The fourth-order valence-corrected chi connectivity index (χ4v) is 1.15. The van der Waals surface area contributed by atoms with Gasteiger partial charge in [0.1, 0.15) is 5.82 Å². The Hall–Kier alpha value is -0.830. The highest BCUT2D eigenvalue weighted by molar-refractivity contribution is 4.94. The zero-order valence-corrected chi connectivity index (χ0v) is 7.09. The topological polar surface area (TPSA) is 40.7 Å². The first-order chi connectivity index (χ1) is 5.38. The van der Waals surface area contributed by atoms with E-state index in [1.807, 2.05) is 6.20 Å². The second kappa shape index (κ2) is 4.13. The van der Waals surface area contributed by atoms with Crippen LogP contribution < -0.4 is 5.32 Å². The standard InChI is InChI=1S/C8H15N3/c1-3-7(9-4-2)8-10-5-6-11-8/h5-7,9H,3-4H2,1-2H3,(H,10,11). The molecule has 0 bridgehead atoms. The van der Waals surface area contributed by atoms with Gasteiger partial charge in [-0.3, -0.25) is 0 Å². The third-order valence-corrected chi connectivity index (χ3v) is 1.71. The minimum absolute atomic E-state index is 0.384. The quantitative estimate of drug-likeness (QED) is 0.687. The average molecular weight is 153 g/mol. The number of aromatic amines is 1. The molecule has 0 aromatic carbocycles. The van der Waals surface area contributed by atoms with Crippen LogP contribution in [0.15, 0.2) is 12.4 Å². The van der Waals surface area contributed by atoms with E-state index in [1.165, 1.54) is 0 Å². The number of H-pyrrole nitrogens is 1. The summed E-state index contributed by atoms with van der Waals surface area (Å²) in [6.07, 6.45) is 4.71. The van der Waals surface area contributed by atoms with Gasteiger partial charge in [0, 0.05) is 12.4 Å². The Morgan fingerprint density at radius 3 is 2.91 bits per heavy atom. The molecular formula is C8H15N3. The molecule has 3 nitrogen and oxygen atoms in total. The van der Waals surface area contributed by atoms with E-state index < -0.39 is 0 Å². The van der Waals surface area contributed by atoms with Gasteiger partial charge in [-0.15, -0.1) is 0 Å². The molecule has 0 aliphatic rings. The first-order valence-electron chi connectivity index (χ1n) is 4.11. The summed E-state index contributed by atoms with van der Waals surface area (Å²) in [7, 11) is 0. The van der Waals surface area contributed by atoms with Crippen molar-refractivity contribution >= 4 is 0 Å². The van der Waals surface area contributed by atoms with Gasteiger partial charge in [-0.1, -0.05) is 13.8 Å². The van der Waals surface area contributed by atoms with Gasteiger partial charge in [0.05, 0.1) is 6.04 Å². The van der Waals surface area contributed by atoms with Gasteiger partial charge in [0.15, 0.2) is 0 Å². The number of hydrogen-bond acceptors (Lipinski definition) is 2. The molecule has 3 heteroatoms. The maximum absolute atomic E-state index is 4.19. The molecule has 0 aliphatic carbocycles. The highest BCUT2D eigenvalue weighted by Gasteiger charge is 2.08. The van der Waals surface area contributed by atoms with Crippen LogP contribution in [0.3, 0.4) is 0 Å². The molecule has 1 rings (SSSR count). The summed E-state index contributed by atoms with van der Waals surface area (Å²) < 4.78 is 0. The second-order valence-corrected chi connectivity index (χ2v) is 2.49. The predicted molar refractivity (Wildman–Crippen MR) is 45.3 cm³/mol. The van der Waals surface area contributed by atoms with Crippen LogP contribution in [0.4, 0.5) is 0 Å². The molecule has 1 heterocycles. The molecule has 0 spiro atoms. The molecule has 1 atom stereocenters. The van der Waals surface area contributed by atoms with Crippen LogP contribution in [0, 0.1) is 0 Å². The summed E-state index contributed by atoms with van der Waals surface area (Å²) in [6, 6.07) is 0.384. The van der Waals surface area contributed by atoms with Gasteiger partial charge in [-0.2, -0.15) is 0 Å². The number of aromatic nitrogens is 2. The Kier molecular flexibility index (Phi) is 3.11. The molecule has 0 amide bonds. The zero-order valence-electron chi connectivity index (χ0n) is 7.09. The van der Waals surface area contributed by atoms with Crippen LogP contribution in [0.25, 0.3) is 0 Å². The predicted octanol–water partition coefficient (Wildman–Crippen LogP) is 1.47. The van der Waals surface area contributed by atoms with E-state index in [0.717, 1.165) is 18.8 Å². The summed E-state index contributed by atoms with van der Waals surface area (Å²) in [6.45, 7) is 5.24. The Labute approximate surface area is 67.2 Å². The van der Waals surface area contributed by atoms with Crippen LogP contribution in [0.5, 0.6) is 0 Å². The van der Waals surface area contributed by atoms with Crippen molar-refractivity contribution < 1.29 is 0 Å². The zero-order chi connectivity index (χ0) is 8.10. The second-order valence-electron chi connectivity index (χ2n) is 2.49. The van der Waals surface area contributed by atoms with Gasteiger partial charge in [0.2, 0.25) is 0 Å². The van der Waals surface area contributed by atoms with Crippen LogP contribution in [0.1, 0.15) is 32.1 Å². The van der Waals surface area contributed by atoms with Crippen molar-refractivity contribution in [1.82, 2.24) is 15.3 Å². The number of rotatable bonds is 4. The van der Waals surface area contributed by atoms with E-state index in [9.17, 15) is 0 Å². The Morgan fingerprint density at radius 1 is 1.64 bits per heavy atom. The van der Waals surface area contributed by atoms with E-state index in [4.69, 9.17) is 0 Å². The molecule has 11 heavy (non-hydrogen) atoms. The molecule has 2 N–H and O–H groups in total. The average Bonchev–Trinajstić information content (AvgIpc) is 2.52. The first-order valence-corrected chi connectivity index (χ1v) is 4.11. The molecule has 0 saturated heterocycles. The highest BCUT2D eigenvalue weighted by Crippen LogP contribution is 2.09. The fourth-order valence-electron chi connectivity index (χ4n) is 1.15. The van der Waals surface area contributed by atoms with E-state index in [-0.39, 0.29) is 0 Å². The Morgan fingerprint density at radius 2 is 2.45 bits per heavy atom. The van der Waals surface area contributed by atoms with E-state index in [1.54, 1.807) is 6.20 Å². The summed E-state index contributed by atoms with van der Waals surface area (Å²) in [4.78, 5) is 7.29. The molecule has 0 fully saturated rings. The van der Waals surface area contributed by atoms with Gasteiger partial charge >= 0.3 is 0 Å². The van der Waals surface area contributed by atoms with Gasteiger partial charge in [-0.25, -0.2) is 4.98 Å². The summed E-state index contributed by atoms with van der Waals surface area (Å²) in [5.41, 5.74) is 0. The van der Waals surface area contributed by atoms with Crippen LogP contribution >= 0.6 is 0 Å². The Balaban J connectivity index is 2.56. The molecule has 1 aromatic rings. The maximum Gasteiger partial charge on any atom is 0.123 e. The minimum Gasteiger partial charge on any atom is -0.347 e. The smallest absolute Gasteiger partial charge is 0.123 e. The third-order valence-electron chi connectivity index (χ3n) is 1.71. The Bertz CT molecular complexity index is 181. The lowest BCUT2D eigenvalue weighted by molar-refractivity contribution is 0.514. The fraction of sp³-hybridized carbons (Fsp3) is 0.625. The number of imidazole rings is 1. The SMILES string of the molecule is CCNC(CC)c1ncc[nH]1. The summed E-state index contributed by atoms with van der Waals surface area (Å²) in [5.74, 6) is 1.04. The molecule has 0 aliphatic heterocycles. The van der Waals surface area contributed by atoms with Crippen molar-refractivity contribution in [1.29, 1.82) is 0 Å². The van der Waals surface area contributed by atoms with Crippen molar-refractivity contribution in [3.05, 3.63) is 18.2 Å². The lowest BCUT2D eigenvalue weighted by Crippen LogP contribution is -2.21. The molecule has 1 unspecified atom stereocenters. The van der Waals surface area contributed by atoms with Crippen molar-refractivity contribution in [2.75, 3.05) is 6.54 Å². The van der Waals surface area contributed by atoms with Crippen LogP contribution in [-0.4, -0.2) is 16.5 Å². The first kappa shape index (κ1) is 8.27.